The van der Waals surface area contributed by atoms with Crippen molar-refractivity contribution in [1.29, 1.82) is 0 Å². The molecular weight excluding hydrogens is 330 g/mol. The van der Waals surface area contributed by atoms with Gasteiger partial charge in [0.15, 0.2) is 6.61 Å². The van der Waals surface area contributed by atoms with E-state index in [-0.39, 0.29) is 18.9 Å². The molecule has 2 aromatic carbocycles. The molecule has 0 spiro atoms. The van der Waals surface area contributed by atoms with Gasteiger partial charge in [-0.1, -0.05) is 37.6 Å². The van der Waals surface area contributed by atoms with Crippen LogP contribution in [0.15, 0.2) is 48.5 Å². The number of aryl methyl sites for hydroxylation is 1. The van der Waals surface area contributed by atoms with Crippen LogP contribution in [0.25, 0.3) is 0 Å². The lowest BCUT2D eigenvalue weighted by Gasteiger charge is -2.08. The summed E-state index contributed by atoms with van der Waals surface area (Å²) in [7, 11) is 1.58. The van der Waals surface area contributed by atoms with E-state index in [0.29, 0.717) is 5.69 Å². The first-order valence-corrected chi connectivity index (χ1v) is 8.78. The molecule has 0 unspecified atom stereocenters. The zero-order valence-electron chi connectivity index (χ0n) is 15.3. The lowest BCUT2D eigenvalue weighted by atomic mass is 10.1. The van der Waals surface area contributed by atoms with Gasteiger partial charge in [0.2, 0.25) is 0 Å². The second-order valence-corrected chi connectivity index (χ2v) is 6.03. The number of hydrogen-bond acceptors (Lipinski definition) is 4. The predicted molar refractivity (Wildman–Crippen MR) is 101 cm³/mol. The number of hydrogen-bond donors (Lipinski definition) is 1. The van der Waals surface area contributed by atoms with Crippen LogP contribution in [0.1, 0.15) is 30.9 Å². The Kier molecular flexibility index (Phi) is 7.68. The summed E-state index contributed by atoms with van der Waals surface area (Å²) in [6, 6.07) is 14.9. The molecule has 5 nitrogen and oxygen atoms in total. The highest BCUT2D eigenvalue weighted by Crippen LogP contribution is 2.13. The summed E-state index contributed by atoms with van der Waals surface area (Å²) in [6.45, 7) is 1.86. The number of unbranched alkanes of at least 4 members (excludes halogenated alkanes) is 1. The van der Waals surface area contributed by atoms with Gasteiger partial charge in [0, 0.05) is 5.69 Å². The smallest absolute Gasteiger partial charge is 0.310 e. The molecule has 0 bridgehead atoms. The van der Waals surface area contributed by atoms with Gasteiger partial charge < -0.3 is 14.8 Å². The van der Waals surface area contributed by atoms with Gasteiger partial charge in [-0.05, 0) is 48.2 Å². The first kappa shape index (κ1) is 19.5. The maximum Gasteiger partial charge on any atom is 0.310 e. The lowest BCUT2D eigenvalue weighted by Crippen LogP contribution is -2.21. The molecule has 0 saturated heterocycles. The van der Waals surface area contributed by atoms with Crippen LogP contribution in [0.4, 0.5) is 5.69 Å². The van der Waals surface area contributed by atoms with E-state index in [0.717, 1.165) is 30.6 Å². The molecule has 0 aliphatic rings. The number of amides is 1. The zero-order chi connectivity index (χ0) is 18.8. The Labute approximate surface area is 154 Å². The number of ether oxygens (including phenoxy) is 2. The molecular formula is C21H25NO4. The van der Waals surface area contributed by atoms with Crippen molar-refractivity contribution in [3.63, 3.8) is 0 Å². The Morgan fingerprint density at radius 2 is 1.62 bits per heavy atom. The van der Waals surface area contributed by atoms with E-state index in [1.54, 1.807) is 31.4 Å². The number of carbonyl (C=O) groups excluding carboxylic acids is 2. The highest BCUT2D eigenvalue weighted by Gasteiger charge is 2.09. The van der Waals surface area contributed by atoms with Crippen molar-refractivity contribution >= 4 is 17.6 Å². The second-order valence-electron chi connectivity index (χ2n) is 6.03. The summed E-state index contributed by atoms with van der Waals surface area (Å²) >= 11 is 0. The summed E-state index contributed by atoms with van der Waals surface area (Å²) in [5, 5.41) is 2.73. The Balaban J connectivity index is 1.74. The van der Waals surface area contributed by atoms with Crippen molar-refractivity contribution in [3.8, 4) is 5.75 Å². The molecule has 0 fully saturated rings. The first-order valence-electron chi connectivity index (χ1n) is 8.78. The van der Waals surface area contributed by atoms with Gasteiger partial charge in [-0.3, -0.25) is 9.59 Å². The number of carbonyl (C=O) groups is 2. The van der Waals surface area contributed by atoms with Gasteiger partial charge in [0.25, 0.3) is 5.91 Å². The predicted octanol–water partition coefficient (Wildman–Crippen LogP) is 3.76. The quantitative estimate of drug-likeness (QED) is 0.696. The fraction of sp³-hybridized carbons (Fsp3) is 0.333. The van der Waals surface area contributed by atoms with E-state index in [1.165, 1.54) is 5.56 Å². The van der Waals surface area contributed by atoms with E-state index >= 15 is 0 Å². The maximum absolute atomic E-state index is 11.9. The van der Waals surface area contributed by atoms with Crippen LogP contribution in [-0.4, -0.2) is 25.6 Å². The average molecular weight is 355 g/mol. The third-order valence-electron chi connectivity index (χ3n) is 3.93. The average Bonchev–Trinajstić information content (AvgIpc) is 2.66. The van der Waals surface area contributed by atoms with E-state index in [4.69, 9.17) is 9.47 Å². The van der Waals surface area contributed by atoms with Gasteiger partial charge >= 0.3 is 5.97 Å². The van der Waals surface area contributed by atoms with Crippen LogP contribution in [0, 0.1) is 0 Å². The van der Waals surface area contributed by atoms with Crippen molar-refractivity contribution in [3.05, 3.63) is 59.7 Å². The second kappa shape index (κ2) is 10.2. The number of nitrogens with one attached hydrogen (secondary N) is 1. The van der Waals surface area contributed by atoms with Crippen molar-refractivity contribution in [2.45, 2.75) is 32.6 Å². The lowest BCUT2D eigenvalue weighted by molar-refractivity contribution is -0.146. The molecule has 0 aromatic heterocycles. The van der Waals surface area contributed by atoms with E-state index in [1.807, 2.05) is 24.3 Å². The van der Waals surface area contributed by atoms with Crippen molar-refractivity contribution in [2.75, 3.05) is 19.0 Å². The minimum atomic E-state index is -0.444. The third-order valence-corrected chi connectivity index (χ3v) is 3.93. The van der Waals surface area contributed by atoms with Crippen LogP contribution in [0.2, 0.25) is 0 Å². The molecule has 0 aliphatic heterocycles. The molecule has 1 amide bonds. The molecule has 1 N–H and O–H groups in total. The van der Waals surface area contributed by atoms with Gasteiger partial charge in [-0.25, -0.2) is 0 Å². The maximum atomic E-state index is 11.9. The van der Waals surface area contributed by atoms with Crippen LogP contribution < -0.4 is 10.1 Å². The normalized spacial score (nSPS) is 10.2. The fourth-order valence-corrected chi connectivity index (χ4v) is 2.44. The topological polar surface area (TPSA) is 64.6 Å². The van der Waals surface area contributed by atoms with Gasteiger partial charge in [0.05, 0.1) is 13.5 Å². The number of rotatable bonds is 9. The molecule has 0 saturated carbocycles. The van der Waals surface area contributed by atoms with Crippen LogP contribution >= 0.6 is 0 Å². The van der Waals surface area contributed by atoms with E-state index in [2.05, 4.69) is 12.2 Å². The Hall–Kier alpha value is -2.82. The highest BCUT2D eigenvalue weighted by atomic mass is 16.5. The Morgan fingerprint density at radius 1 is 0.962 bits per heavy atom. The molecule has 0 radical (unpaired) electrons. The van der Waals surface area contributed by atoms with Crippen molar-refractivity contribution in [1.82, 2.24) is 0 Å². The summed E-state index contributed by atoms with van der Waals surface area (Å²) in [5.74, 6) is -0.0724. The number of esters is 1. The van der Waals surface area contributed by atoms with Crippen molar-refractivity contribution < 1.29 is 19.1 Å². The summed E-state index contributed by atoms with van der Waals surface area (Å²) < 4.78 is 10.1. The highest BCUT2D eigenvalue weighted by molar-refractivity contribution is 5.92. The standard InChI is InChI=1S/C21H25NO4/c1-3-4-5-16-6-10-18(11-7-16)22-20(23)15-26-21(24)14-17-8-12-19(25-2)13-9-17/h6-13H,3-5,14-15H2,1-2H3,(H,22,23). The van der Waals surface area contributed by atoms with Gasteiger partial charge in [0.1, 0.15) is 5.75 Å². The summed E-state index contributed by atoms with van der Waals surface area (Å²) in [6.07, 6.45) is 3.45. The molecule has 2 rings (SSSR count). The number of benzene rings is 2. The van der Waals surface area contributed by atoms with Gasteiger partial charge in [-0.2, -0.15) is 0 Å². The molecule has 0 aliphatic carbocycles. The number of methoxy groups -OCH3 is 1. The molecule has 2 aromatic rings. The molecule has 138 valence electrons. The Bertz CT molecular complexity index is 708. The monoisotopic (exact) mass is 355 g/mol. The molecule has 0 atom stereocenters. The first-order chi connectivity index (χ1) is 12.6. The van der Waals surface area contributed by atoms with Crippen LogP contribution in [0.5, 0.6) is 5.75 Å². The molecule has 26 heavy (non-hydrogen) atoms. The summed E-state index contributed by atoms with van der Waals surface area (Å²) in [5.41, 5.74) is 2.75. The van der Waals surface area contributed by atoms with Crippen molar-refractivity contribution in [2.24, 2.45) is 0 Å². The van der Waals surface area contributed by atoms with Gasteiger partial charge in [-0.15, -0.1) is 0 Å². The van der Waals surface area contributed by atoms with E-state index in [9.17, 15) is 9.59 Å². The minimum absolute atomic E-state index is 0.114. The van der Waals surface area contributed by atoms with Crippen LogP contribution in [0.3, 0.4) is 0 Å². The Morgan fingerprint density at radius 3 is 2.23 bits per heavy atom. The molecule has 0 heterocycles. The van der Waals surface area contributed by atoms with Crippen LogP contribution in [-0.2, 0) is 27.2 Å². The third kappa shape index (κ3) is 6.59. The molecule has 5 heteroatoms. The minimum Gasteiger partial charge on any atom is -0.497 e. The largest absolute Gasteiger partial charge is 0.497 e. The zero-order valence-corrected chi connectivity index (χ0v) is 15.3. The fourth-order valence-electron chi connectivity index (χ4n) is 2.44. The van der Waals surface area contributed by atoms with E-state index < -0.39 is 5.97 Å². The SMILES string of the molecule is CCCCc1ccc(NC(=O)COC(=O)Cc2ccc(OC)cc2)cc1. The summed E-state index contributed by atoms with van der Waals surface area (Å²) in [4.78, 5) is 23.7. The number of anilines is 1.